The number of nitrogens with two attached hydrogens (primary N) is 1. The van der Waals surface area contributed by atoms with Gasteiger partial charge in [0.15, 0.2) is 6.23 Å². The van der Waals surface area contributed by atoms with E-state index in [1.807, 2.05) is 0 Å². The topological polar surface area (TPSA) is 222 Å². The number of nitrogens with one attached hydrogen (secondary N) is 2. The summed E-state index contributed by atoms with van der Waals surface area (Å²) in [6, 6.07) is 7.69. The second kappa shape index (κ2) is 9.27. The Morgan fingerprint density at radius 1 is 1.29 bits per heavy atom. The summed E-state index contributed by atoms with van der Waals surface area (Å²) >= 11 is 0. The molecule has 1 amide bonds. The Bertz CT molecular complexity index is 1300. The smallest absolute Gasteiger partial charge is 0.387 e. The first-order valence-electron chi connectivity index (χ1n) is 9.96. The first-order valence-corrected chi connectivity index (χ1v) is 11.5. The molecule has 1 saturated heterocycles. The monoisotopic (exact) mass is 495 g/mol. The molecular formula is C19H22N5O9P. The van der Waals surface area contributed by atoms with Crippen LogP contribution in [0, 0.1) is 0 Å². The summed E-state index contributed by atoms with van der Waals surface area (Å²) in [6.07, 6.45) is -5.97. The Hall–Kier alpha value is -3.10. The molecule has 5 atom stereocenters. The molecule has 1 aliphatic rings. The Morgan fingerprint density at radius 2 is 2.06 bits per heavy atom. The van der Waals surface area contributed by atoms with E-state index in [0.29, 0.717) is 23.0 Å². The molecule has 3 heterocycles. The summed E-state index contributed by atoms with van der Waals surface area (Å²) in [5.41, 5.74) is 6.20. The molecule has 0 radical (unpaired) electrons. The van der Waals surface area contributed by atoms with Crippen LogP contribution < -0.4 is 16.7 Å². The Labute approximate surface area is 191 Å². The molecule has 8 N–H and O–H groups in total. The molecule has 3 aromatic rings. The molecular weight excluding hydrogens is 473 g/mol. The van der Waals surface area contributed by atoms with Crippen LogP contribution in [-0.4, -0.2) is 59.3 Å². The highest BCUT2D eigenvalue weighted by molar-refractivity contribution is 7.46. The van der Waals surface area contributed by atoms with E-state index in [4.69, 9.17) is 15.0 Å². The number of anilines is 1. The summed E-state index contributed by atoms with van der Waals surface area (Å²) in [6.45, 7) is 0.235. The molecule has 1 fully saturated rings. The van der Waals surface area contributed by atoms with Crippen molar-refractivity contribution >= 4 is 31.0 Å². The quantitative estimate of drug-likeness (QED) is 0.149. The lowest BCUT2D eigenvalue weighted by molar-refractivity contribution is -0.109. The largest absolute Gasteiger partial charge is 0.470 e. The van der Waals surface area contributed by atoms with E-state index in [0.717, 1.165) is 4.57 Å². The average Bonchev–Trinajstić information content (AvgIpc) is 3.30. The third-order valence-corrected chi connectivity index (χ3v) is 5.86. The first-order chi connectivity index (χ1) is 16.1. The molecule has 0 saturated carbocycles. The van der Waals surface area contributed by atoms with Crippen LogP contribution >= 0.6 is 7.82 Å². The van der Waals surface area contributed by atoms with Crippen LogP contribution in [0.2, 0.25) is 0 Å². The average molecular weight is 495 g/mol. The predicted octanol–water partition coefficient (Wildman–Crippen LogP) is -0.977. The van der Waals surface area contributed by atoms with Gasteiger partial charge in [-0.3, -0.25) is 13.9 Å². The van der Waals surface area contributed by atoms with Crippen molar-refractivity contribution in [2.75, 3.05) is 5.73 Å². The highest BCUT2D eigenvalue weighted by Gasteiger charge is 2.49. The molecule has 14 nitrogen and oxygen atoms in total. The molecule has 34 heavy (non-hydrogen) atoms. The van der Waals surface area contributed by atoms with Crippen molar-refractivity contribution in [3.63, 3.8) is 0 Å². The number of carbonyl (C=O) groups excluding carboxylic acids is 1. The highest BCUT2D eigenvalue weighted by atomic mass is 31.2. The lowest BCUT2D eigenvalue weighted by Crippen LogP contribution is -2.37. The minimum atomic E-state index is -5.09. The van der Waals surface area contributed by atoms with Gasteiger partial charge in [0, 0.05) is 22.8 Å². The van der Waals surface area contributed by atoms with Gasteiger partial charge in [-0.25, -0.2) is 9.36 Å². The second-order valence-corrected chi connectivity index (χ2v) is 8.86. The van der Waals surface area contributed by atoms with E-state index in [2.05, 4.69) is 15.3 Å². The van der Waals surface area contributed by atoms with Crippen LogP contribution in [0.3, 0.4) is 0 Å². The summed E-state index contributed by atoms with van der Waals surface area (Å²) in [5.74, 6) is -0.0592. The number of phosphoric ester groups is 1. The van der Waals surface area contributed by atoms with Crippen LogP contribution in [-0.2, 0) is 25.2 Å². The number of hydrogen-bond acceptors (Lipinski definition) is 9. The summed E-state index contributed by atoms with van der Waals surface area (Å²) in [4.78, 5) is 48.3. The molecule has 182 valence electrons. The van der Waals surface area contributed by atoms with E-state index in [1.165, 1.54) is 18.3 Å². The minimum Gasteiger partial charge on any atom is -0.387 e. The summed E-state index contributed by atoms with van der Waals surface area (Å²) < 4.78 is 23.3. The fraction of sp³-hybridized carbons (Fsp3) is 0.316. The number of H-pyrrole nitrogens is 1. The van der Waals surface area contributed by atoms with Crippen molar-refractivity contribution in [1.29, 1.82) is 0 Å². The number of benzene rings is 1. The van der Waals surface area contributed by atoms with Crippen molar-refractivity contribution in [3.05, 3.63) is 58.3 Å². The number of nitrogen functional groups attached to an aromatic ring is 1. The van der Waals surface area contributed by atoms with Crippen LogP contribution in [0.4, 0.5) is 5.82 Å². The minimum absolute atomic E-state index is 0.0592. The van der Waals surface area contributed by atoms with E-state index in [9.17, 15) is 34.2 Å². The van der Waals surface area contributed by atoms with Crippen molar-refractivity contribution in [2.24, 2.45) is 0 Å². The van der Waals surface area contributed by atoms with Gasteiger partial charge in [-0.2, -0.15) is 4.98 Å². The highest BCUT2D eigenvalue weighted by Crippen LogP contribution is 2.47. The van der Waals surface area contributed by atoms with Gasteiger partial charge in [-0.05, 0) is 29.8 Å². The number of aliphatic hydroxyl groups excluding tert-OH is 2. The van der Waals surface area contributed by atoms with Crippen molar-refractivity contribution in [2.45, 2.75) is 37.2 Å². The predicted molar refractivity (Wildman–Crippen MR) is 116 cm³/mol. The first kappa shape index (κ1) is 24.0. The van der Waals surface area contributed by atoms with Crippen LogP contribution in [0.1, 0.15) is 23.6 Å². The lowest BCUT2D eigenvalue weighted by atomic mass is 9.98. The van der Waals surface area contributed by atoms with Crippen molar-refractivity contribution < 1.29 is 38.6 Å². The Kier molecular flexibility index (Phi) is 6.55. The SMILES string of the molecule is Nc1ccn([C@@H]2O[C@H](C(OP(=O)(O)O)c3ccc4[nH]c(CNC=O)cc4c3)[C@@H](O)[C@H]2O)c(=O)n1. The maximum absolute atomic E-state index is 12.2. The number of carbonyl (C=O) groups is 1. The Morgan fingerprint density at radius 3 is 2.74 bits per heavy atom. The number of aromatic nitrogens is 3. The molecule has 1 unspecified atom stereocenters. The number of aliphatic hydroxyl groups is 2. The van der Waals surface area contributed by atoms with Crippen LogP contribution in [0.15, 0.2) is 41.3 Å². The summed E-state index contributed by atoms with van der Waals surface area (Å²) in [5, 5.41) is 24.3. The number of hydrogen-bond donors (Lipinski definition) is 7. The Balaban J connectivity index is 1.70. The van der Waals surface area contributed by atoms with Crippen LogP contribution in [0.25, 0.3) is 10.9 Å². The van der Waals surface area contributed by atoms with E-state index >= 15 is 0 Å². The van der Waals surface area contributed by atoms with E-state index in [1.54, 1.807) is 18.2 Å². The fourth-order valence-electron chi connectivity index (χ4n) is 3.88. The van der Waals surface area contributed by atoms with Gasteiger partial charge in [-0.1, -0.05) is 6.07 Å². The number of amides is 1. The normalized spacial score (nSPS) is 23.8. The molecule has 1 aliphatic heterocycles. The van der Waals surface area contributed by atoms with Crippen LogP contribution in [0.5, 0.6) is 0 Å². The standard InChI is InChI=1S/C19H22N5O9P/c20-13-3-4-24(19(28)23-13)18-15(27)14(26)17(32-18)16(33-34(29,30)31)9-1-2-12-10(5-9)6-11(22-12)7-21-8-25/h1-6,8,14-18,22,26-27H,7H2,(H,21,25)(H2,20,23,28)(H2,29,30,31)/t14-,15+,16?,17-,18+/m0/s1. The van der Waals surface area contributed by atoms with Gasteiger partial charge in [0.05, 0.1) is 6.54 Å². The van der Waals surface area contributed by atoms with Gasteiger partial charge >= 0.3 is 13.5 Å². The zero-order valence-electron chi connectivity index (χ0n) is 17.4. The van der Waals surface area contributed by atoms with E-state index in [-0.39, 0.29) is 17.9 Å². The van der Waals surface area contributed by atoms with Crippen molar-refractivity contribution in [3.8, 4) is 0 Å². The number of aromatic amines is 1. The van der Waals surface area contributed by atoms with Gasteiger partial charge in [0.2, 0.25) is 6.41 Å². The molecule has 2 aromatic heterocycles. The third kappa shape index (κ3) is 4.88. The molecule has 15 heteroatoms. The van der Waals surface area contributed by atoms with Crippen molar-refractivity contribution in [1.82, 2.24) is 19.9 Å². The third-order valence-electron chi connectivity index (χ3n) is 5.36. The van der Waals surface area contributed by atoms with Gasteiger partial charge < -0.3 is 40.8 Å². The van der Waals surface area contributed by atoms with Gasteiger partial charge in [-0.15, -0.1) is 0 Å². The fourth-order valence-corrected chi connectivity index (χ4v) is 4.42. The number of fused-ring (bicyclic) bond motifs is 1. The van der Waals surface area contributed by atoms with E-state index < -0.39 is 44.2 Å². The number of phosphoric acid groups is 1. The maximum Gasteiger partial charge on any atom is 0.470 e. The number of ether oxygens (including phenoxy) is 1. The zero-order valence-corrected chi connectivity index (χ0v) is 18.3. The van der Waals surface area contributed by atoms with Gasteiger partial charge in [0.25, 0.3) is 0 Å². The lowest BCUT2D eigenvalue weighted by Gasteiger charge is -2.26. The molecule has 4 rings (SSSR count). The number of rotatable bonds is 8. The molecule has 0 spiro atoms. The molecule has 0 aliphatic carbocycles. The molecule has 0 bridgehead atoms. The molecule has 1 aromatic carbocycles. The maximum atomic E-state index is 12.2. The summed E-state index contributed by atoms with van der Waals surface area (Å²) in [7, 11) is -5.09. The number of nitrogens with zero attached hydrogens (tertiary/aromatic N) is 2. The zero-order chi connectivity index (χ0) is 24.6. The van der Waals surface area contributed by atoms with Gasteiger partial charge in [0.1, 0.15) is 30.2 Å². The second-order valence-electron chi connectivity index (χ2n) is 7.67.